The third-order valence-electron chi connectivity index (χ3n) is 3.87. The van der Waals surface area contributed by atoms with Crippen molar-refractivity contribution >= 4 is 17.3 Å². The Morgan fingerprint density at radius 2 is 1.62 bits per heavy atom. The summed E-state index contributed by atoms with van der Waals surface area (Å²) in [5.74, 6) is 2.12. The number of aromatic nitrogens is 4. The third-order valence-corrected chi connectivity index (χ3v) is 3.87. The smallest absolute Gasteiger partial charge is 0.254 e. The van der Waals surface area contributed by atoms with Crippen LogP contribution in [0.4, 0.5) is 11.5 Å². The highest BCUT2D eigenvalue weighted by Gasteiger charge is 2.13. The molecule has 2 aromatic carbocycles. The van der Waals surface area contributed by atoms with Crippen molar-refractivity contribution in [3.05, 3.63) is 71.9 Å². The van der Waals surface area contributed by atoms with Crippen molar-refractivity contribution in [3.63, 3.8) is 0 Å². The van der Waals surface area contributed by atoms with E-state index in [4.69, 9.17) is 0 Å². The Morgan fingerprint density at radius 1 is 0.875 bits per heavy atom. The predicted octanol–water partition coefficient (Wildman–Crippen LogP) is 4.15. The first-order valence-corrected chi connectivity index (χ1v) is 7.83. The van der Waals surface area contributed by atoms with Gasteiger partial charge in [0.1, 0.15) is 5.82 Å². The first-order valence-electron chi connectivity index (χ1n) is 7.83. The Kier molecular flexibility index (Phi) is 3.46. The monoisotopic (exact) mass is 315 g/mol. The summed E-state index contributed by atoms with van der Waals surface area (Å²) in [6, 6.07) is 20.1. The zero-order valence-corrected chi connectivity index (χ0v) is 13.6. The first-order chi connectivity index (χ1) is 11.7. The fourth-order valence-corrected chi connectivity index (χ4v) is 2.68. The Hall–Kier alpha value is -3.21. The molecule has 0 aliphatic rings. The minimum atomic E-state index is 0.590. The summed E-state index contributed by atoms with van der Waals surface area (Å²) in [4.78, 5) is 9.11. The predicted molar refractivity (Wildman–Crippen MR) is 95.4 cm³/mol. The van der Waals surface area contributed by atoms with Crippen molar-refractivity contribution in [2.45, 2.75) is 13.8 Å². The molecular formula is C19H17N5. The van der Waals surface area contributed by atoms with Crippen LogP contribution in [0.5, 0.6) is 0 Å². The van der Waals surface area contributed by atoms with E-state index in [0.29, 0.717) is 11.6 Å². The second-order valence-electron chi connectivity index (χ2n) is 5.74. The topological polar surface area (TPSA) is 55.1 Å². The van der Waals surface area contributed by atoms with E-state index < -0.39 is 0 Å². The number of anilines is 2. The average molecular weight is 315 g/mol. The lowest BCUT2D eigenvalue weighted by Gasteiger charge is -2.08. The summed E-state index contributed by atoms with van der Waals surface area (Å²) in [6.45, 7) is 4.02. The van der Waals surface area contributed by atoms with Gasteiger partial charge in [-0.2, -0.15) is 9.50 Å². The minimum absolute atomic E-state index is 0.590. The number of hydrogen-bond donors (Lipinski definition) is 1. The highest BCUT2D eigenvalue weighted by molar-refractivity contribution is 5.64. The second-order valence-corrected chi connectivity index (χ2v) is 5.74. The summed E-state index contributed by atoms with van der Waals surface area (Å²) in [7, 11) is 0. The molecule has 4 rings (SSSR count). The van der Waals surface area contributed by atoms with Crippen molar-refractivity contribution in [1.29, 1.82) is 0 Å². The lowest BCUT2D eigenvalue weighted by atomic mass is 10.1. The van der Waals surface area contributed by atoms with Gasteiger partial charge in [0.15, 0.2) is 5.82 Å². The van der Waals surface area contributed by atoms with E-state index in [1.54, 1.807) is 4.52 Å². The van der Waals surface area contributed by atoms with Gasteiger partial charge in [-0.15, -0.1) is 5.10 Å². The van der Waals surface area contributed by atoms with Gasteiger partial charge in [-0.1, -0.05) is 42.5 Å². The SMILES string of the molecule is Cc1cc(Nc2ccccc2)n2nc(-c3ccccc3C)nc2n1. The highest BCUT2D eigenvalue weighted by atomic mass is 15.4. The Labute approximate surface area is 140 Å². The molecule has 0 saturated heterocycles. The Morgan fingerprint density at radius 3 is 2.42 bits per heavy atom. The van der Waals surface area contributed by atoms with Gasteiger partial charge in [0, 0.05) is 23.0 Å². The van der Waals surface area contributed by atoms with Crippen molar-refractivity contribution in [1.82, 2.24) is 19.6 Å². The third kappa shape index (κ3) is 2.60. The van der Waals surface area contributed by atoms with Gasteiger partial charge in [-0.25, -0.2) is 4.98 Å². The largest absolute Gasteiger partial charge is 0.340 e. The van der Waals surface area contributed by atoms with E-state index in [9.17, 15) is 0 Å². The standard InChI is InChI=1S/C19H17N5/c1-13-8-6-7-11-16(13)18-22-19-20-14(2)12-17(24(19)23-18)21-15-9-4-3-5-10-15/h3-12,21H,1-2H3. The number of hydrogen-bond acceptors (Lipinski definition) is 4. The van der Waals surface area contributed by atoms with Crippen LogP contribution in [0, 0.1) is 13.8 Å². The number of para-hydroxylation sites is 1. The molecule has 0 amide bonds. The van der Waals surface area contributed by atoms with Crippen LogP contribution in [-0.4, -0.2) is 19.6 Å². The molecule has 0 aliphatic heterocycles. The molecule has 118 valence electrons. The summed E-state index contributed by atoms with van der Waals surface area (Å²) in [6.07, 6.45) is 0. The zero-order valence-electron chi connectivity index (χ0n) is 13.6. The maximum atomic E-state index is 4.66. The fourth-order valence-electron chi connectivity index (χ4n) is 2.68. The lowest BCUT2D eigenvalue weighted by Crippen LogP contribution is -2.02. The van der Waals surface area contributed by atoms with Crippen LogP contribution in [0.25, 0.3) is 17.2 Å². The summed E-state index contributed by atoms with van der Waals surface area (Å²) >= 11 is 0. The number of nitrogens with one attached hydrogen (secondary N) is 1. The van der Waals surface area contributed by atoms with Crippen molar-refractivity contribution in [3.8, 4) is 11.4 Å². The van der Waals surface area contributed by atoms with Gasteiger partial charge in [-0.05, 0) is 31.5 Å². The molecule has 0 unspecified atom stereocenters. The molecule has 0 fully saturated rings. The van der Waals surface area contributed by atoms with E-state index in [1.807, 2.05) is 61.5 Å². The average Bonchev–Trinajstić information content (AvgIpc) is 3.00. The van der Waals surface area contributed by atoms with Crippen LogP contribution in [-0.2, 0) is 0 Å². The molecule has 0 aliphatic carbocycles. The summed E-state index contributed by atoms with van der Waals surface area (Å²) in [5, 5.41) is 8.05. The summed E-state index contributed by atoms with van der Waals surface area (Å²) < 4.78 is 1.75. The molecule has 0 atom stereocenters. The van der Waals surface area contributed by atoms with E-state index in [-0.39, 0.29) is 0 Å². The van der Waals surface area contributed by atoms with Gasteiger partial charge in [-0.3, -0.25) is 0 Å². The van der Waals surface area contributed by atoms with Crippen LogP contribution >= 0.6 is 0 Å². The van der Waals surface area contributed by atoms with Gasteiger partial charge in [0.05, 0.1) is 0 Å². The van der Waals surface area contributed by atoms with Gasteiger partial charge in [0.25, 0.3) is 5.78 Å². The maximum absolute atomic E-state index is 4.66. The molecular weight excluding hydrogens is 298 g/mol. The van der Waals surface area contributed by atoms with Crippen LogP contribution in [0.1, 0.15) is 11.3 Å². The quantitative estimate of drug-likeness (QED) is 0.617. The second kappa shape index (κ2) is 5.77. The van der Waals surface area contributed by atoms with Crippen LogP contribution in [0.2, 0.25) is 0 Å². The Bertz CT molecular complexity index is 1000. The van der Waals surface area contributed by atoms with Crippen LogP contribution in [0.15, 0.2) is 60.7 Å². The van der Waals surface area contributed by atoms with Gasteiger partial charge >= 0.3 is 0 Å². The number of rotatable bonds is 3. The molecule has 0 saturated carbocycles. The zero-order chi connectivity index (χ0) is 16.5. The number of benzene rings is 2. The van der Waals surface area contributed by atoms with Crippen LogP contribution < -0.4 is 5.32 Å². The highest BCUT2D eigenvalue weighted by Crippen LogP contribution is 2.23. The molecule has 0 spiro atoms. The van der Waals surface area contributed by atoms with Gasteiger partial charge in [0.2, 0.25) is 0 Å². The Balaban J connectivity index is 1.84. The molecule has 4 aromatic rings. The van der Waals surface area contributed by atoms with Gasteiger partial charge < -0.3 is 5.32 Å². The van der Waals surface area contributed by atoms with Crippen molar-refractivity contribution in [2.75, 3.05) is 5.32 Å². The number of fused-ring (bicyclic) bond motifs is 1. The molecule has 5 nitrogen and oxygen atoms in total. The van der Waals surface area contributed by atoms with Crippen molar-refractivity contribution < 1.29 is 0 Å². The van der Waals surface area contributed by atoms with E-state index >= 15 is 0 Å². The fraction of sp³-hybridized carbons (Fsp3) is 0.105. The number of nitrogens with zero attached hydrogens (tertiary/aromatic N) is 4. The lowest BCUT2D eigenvalue weighted by molar-refractivity contribution is 0.940. The summed E-state index contributed by atoms with van der Waals surface area (Å²) in [5.41, 5.74) is 4.05. The van der Waals surface area contributed by atoms with E-state index in [1.165, 1.54) is 0 Å². The number of aryl methyl sites for hydroxylation is 2. The normalized spacial score (nSPS) is 10.9. The molecule has 2 heterocycles. The van der Waals surface area contributed by atoms with E-state index in [0.717, 1.165) is 28.3 Å². The van der Waals surface area contributed by atoms with Crippen molar-refractivity contribution in [2.24, 2.45) is 0 Å². The molecule has 0 bridgehead atoms. The molecule has 24 heavy (non-hydrogen) atoms. The maximum Gasteiger partial charge on any atom is 0.254 e. The molecule has 1 N–H and O–H groups in total. The molecule has 0 radical (unpaired) electrons. The molecule has 5 heteroatoms. The van der Waals surface area contributed by atoms with E-state index in [2.05, 4.69) is 33.4 Å². The minimum Gasteiger partial charge on any atom is -0.340 e. The van der Waals surface area contributed by atoms with Crippen LogP contribution in [0.3, 0.4) is 0 Å². The molecule has 2 aromatic heterocycles. The first kappa shape index (κ1) is 14.4.